The molecule has 1 aliphatic heterocycles. The fourth-order valence-electron chi connectivity index (χ4n) is 2.32. The minimum absolute atomic E-state index is 0.167. The van der Waals surface area contributed by atoms with Crippen molar-refractivity contribution in [2.45, 2.75) is 12.5 Å². The number of rotatable bonds is 2. The SMILES string of the molecule is COc1cccc([C@@H]2NCCc3[nH]cnc32)c1. The minimum atomic E-state index is 0.167. The van der Waals surface area contributed by atoms with E-state index in [4.69, 9.17) is 4.74 Å². The molecule has 88 valence electrons. The average Bonchev–Trinajstić information content (AvgIpc) is 2.87. The maximum Gasteiger partial charge on any atom is 0.119 e. The molecule has 1 aromatic carbocycles. The molecule has 0 bridgehead atoms. The monoisotopic (exact) mass is 229 g/mol. The second kappa shape index (κ2) is 4.22. The molecule has 0 saturated heterocycles. The van der Waals surface area contributed by atoms with Gasteiger partial charge in [0.05, 0.1) is 25.2 Å². The largest absolute Gasteiger partial charge is 0.497 e. The van der Waals surface area contributed by atoms with E-state index in [1.54, 1.807) is 13.4 Å². The first-order chi connectivity index (χ1) is 8.38. The number of imidazole rings is 1. The number of H-pyrrole nitrogens is 1. The lowest BCUT2D eigenvalue weighted by Gasteiger charge is -2.23. The van der Waals surface area contributed by atoms with Gasteiger partial charge in [-0.05, 0) is 17.7 Å². The number of hydrogen-bond acceptors (Lipinski definition) is 3. The molecule has 1 aromatic heterocycles. The Morgan fingerprint density at radius 2 is 2.35 bits per heavy atom. The molecule has 0 fully saturated rings. The third-order valence-electron chi connectivity index (χ3n) is 3.18. The van der Waals surface area contributed by atoms with Crippen molar-refractivity contribution < 1.29 is 4.74 Å². The summed E-state index contributed by atoms with van der Waals surface area (Å²) in [5.41, 5.74) is 3.53. The molecule has 2 heterocycles. The lowest BCUT2D eigenvalue weighted by molar-refractivity contribution is 0.413. The molecule has 0 amide bonds. The highest BCUT2D eigenvalue weighted by atomic mass is 16.5. The van der Waals surface area contributed by atoms with Gasteiger partial charge in [-0.15, -0.1) is 0 Å². The number of aromatic amines is 1. The van der Waals surface area contributed by atoms with Gasteiger partial charge in [-0.2, -0.15) is 0 Å². The quantitative estimate of drug-likeness (QED) is 0.823. The molecule has 1 aliphatic rings. The van der Waals surface area contributed by atoms with Gasteiger partial charge >= 0.3 is 0 Å². The van der Waals surface area contributed by atoms with Crippen molar-refractivity contribution in [3.05, 3.63) is 47.5 Å². The molecule has 3 rings (SSSR count). The molecule has 2 aromatic rings. The lowest BCUT2D eigenvalue weighted by Crippen LogP contribution is -2.30. The first kappa shape index (κ1) is 10.4. The maximum absolute atomic E-state index is 5.26. The van der Waals surface area contributed by atoms with E-state index < -0.39 is 0 Å². The molecular weight excluding hydrogens is 214 g/mol. The second-order valence-corrected chi connectivity index (χ2v) is 4.18. The third kappa shape index (κ3) is 1.80. The number of aromatic nitrogens is 2. The molecule has 0 unspecified atom stereocenters. The molecular formula is C13H15N3O. The number of methoxy groups -OCH3 is 1. The summed E-state index contributed by atoms with van der Waals surface area (Å²) >= 11 is 0. The molecule has 2 N–H and O–H groups in total. The number of hydrogen-bond donors (Lipinski definition) is 2. The Bertz CT molecular complexity index is 521. The first-order valence-electron chi connectivity index (χ1n) is 5.78. The Balaban J connectivity index is 2.00. The highest BCUT2D eigenvalue weighted by Gasteiger charge is 2.23. The van der Waals surface area contributed by atoms with Gasteiger partial charge < -0.3 is 15.0 Å². The van der Waals surface area contributed by atoms with Crippen LogP contribution in [-0.2, 0) is 6.42 Å². The summed E-state index contributed by atoms with van der Waals surface area (Å²) in [6, 6.07) is 8.29. The van der Waals surface area contributed by atoms with Gasteiger partial charge in [-0.3, -0.25) is 0 Å². The lowest BCUT2D eigenvalue weighted by atomic mass is 9.98. The standard InChI is InChI=1S/C13H15N3O/c1-17-10-4-2-3-9(7-10)12-13-11(5-6-14-12)15-8-16-13/h2-4,7-8,12,14H,5-6H2,1H3,(H,15,16)/t12-/m0/s1. The van der Waals surface area contributed by atoms with Crippen molar-refractivity contribution in [2.75, 3.05) is 13.7 Å². The summed E-state index contributed by atoms with van der Waals surface area (Å²) in [6.45, 7) is 0.969. The van der Waals surface area contributed by atoms with E-state index in [0.29, 0.717) is 0 Å². The van der Waals surface area contributed by atoms with Crippen molar-refractivity contribution in [3.8, 4) is 5.75 Å². The van der Waals surface area contributed by atoms with Crippen molar-refractivity contribution in [3.63, 3.8) is 0 Å². The van der Waals surface area contributed by atoms with Crippen LogP contribution in [-0.4, -0.2) is 23.6 Å². The molecule has 1 atom stereocenters. The van der Waals surface area contributed by atoms with E-state index >= 15 is 0 Å². The van der Waals surface area contributed by atoms with Crippen molar-refractivity contribution in [1.82, 2.24) is 15.3 Å². The normalized spacial score (nSPS) is 18.8. The van der Waals surface area contributed by atoms with E-state index in [2.05, 4.69) is 27.4 Å². The van der Waals surface area contributed by atoms with E-state index in [1.165, 1.54) is 11.3 Å². The van der Waals surface area contributed by atoms with E-state index in [1.807, 2.05) is 12.1 Å². The van der Waals surface area contributed by atoms with Gasteiger partial charge in [0.2, 0.25) is 0 Å². The van der Waals surface area contributed by atoms with Gasteiger partial charge in [-0.25, -0.2) is 4.98 Å². The fraction of sp³-hybridized carbons (Fsp3) is 0.308. The van der Waals surface area contributed by atoms with Crippen LogP contribution < -0.4 is 10.1 Å². The van der Waals surface area contributed by atoms with Gasteiger partial charge in [-0.1, -0.05) is 12.1 Å². The molecule has 0 saturated carbocycles. The number of nitrogens with one attached hydrogen (secondary N) is 2. The molecule has 0 spiro atoms. The van der Waals surface area contributed by atoms with Crippen LogP contribution in [0.2, 0.25) is 0 Å². The summed E-state index contributed by atoms with van der Waals surface area (Å²) in [7, 11) is 1.69. The van der Waals surface area contributed by atoms with Crippen LogP contribution in [0.25, 0.3) is 0 Å². The van der Waals surface area contributed by atoms with Crippen LogP contribution in [0, 0.1) is 0 Å². The van der Waals surface area contributed by atoms with Crippen LogP contribution in [0.15, 0.2) is 30.6 Å². The molecule has 17 heavy (non-hydrogen) atoms. The zero-order valence-electron chi connectivity index (χ0n) is 9.73. The van der Waals surface area contributed by atoms with Crippen LogP contribution >= 0.6 is 0 Å². The number of nitrogens with zero attached hydrogens (tertiary/aromatic N) is 1. The van der Waals surface area contributed by atoms with E-state index in [9.17, 15) is 0 Å². The number of fused-ring (bicyclic) bond motifs is 1. The average molecular weight is 229 g/mol. The van der Waals surface area contributed by atoms with Crippen molar-refractivity contribution in [1.29, 1.82) is 0 Å². The Morgan fingerprint density at radius 1 is 1.41 bits per heavy atom. The fourth-order valence-corrected chi connectivity index (χ4v) is 2.32. The Hall–Kier alpha value is -1.81. The summed E-state index contributed by atoms with van der Waals surface area (Å²) in [5.74, 6) is 0.881. The van der Waals surface area contributed by atoms with Crippen LogP contribution in [0.4, 0.5) is 0 Å². The predicted molar refractivity (Wildman–Crippen MR) is 65.1 cm³/mol. The smallest absolute Gasteiger partial charge is 0.119 e. The Morgan fingerprint density at radius 3 is 3.24 bits per heavy atom. The third-order valence-corrected chi connectivity index (χ3v) is 3.18. The number of benzene rings is 1. The van der Waals surface area contributed by atoms with E-state index in [-0.39, 0.29) is 6.04 Å². The zero-order valence-corrected chi connectivity index (χ0v) is 9.73. The minimum Gasteiger partial charge on any atom is -0.497 e. The topological polar surface area (TPSA) is 49.9 Å². The van der Waals surface area contributed by atoms with Crippen LogP contribution in [0.3, 0.4) is 0 Å². The maximum atomic E-state index is 5.26. The summed E-state index contributed by atoms with van der Waals surface area (Å²) < 4.78 is 5.26. The van der Waals surface area contributed by atoms with E-state index in [0.717, 1.165) is 24.4 Å². The highest BCUT2D eigenvalue weighted by Crippen LogP contribution is 2.28. The summed E-state index contributed by atoms with van der Waals surface area (Å²) in [5, 5.41) is 3.49. The molecule has 0 aliphatic carbocycles. The number of ether oxygens (including phenoxy) is 1. The predicted octanol–water partition coefficient (Wildman–Crippen LogP) is 1.65. The molecule has 4 nitrogen and oxygen atoms in total. The first-order valence-corrected chi connectivity index (χ1v) is 5.78. The van der Waals surface area contributed by atoms with Gasteiger partial charge in [0, 0.05) is 18.7 Å². The summed E-state index contributed by atoms with van der Waals surface area (Å²) in [4.78, 5) is 7.61. The zero-order chi connectivity index (χ0) is 11.7. The molecule has 0 radical (unpaired) electrons. The highest BCUT2D eigenvalue weighted by molar-refractivity contribution is 5.37. The second-order valence-electron chi connectivity index (χ2n) is 4.18. The van der Waals surface area contributed by atoms with Gasteiger partial charge in [0.1, 0.15) is 5.75 Å². The van der Waals surface area contributed by atoms with Crippen molar-refractivity contribution >= 4 is 0 Å². The Kier molecular flexibility index (Phi) is 2.57. The molecule has 4 heteroatoms. The van der Waals surface area contributed by atoms with Crippen LogP contribution in [0.5, 0.6) is 5.75 Å². The summed E-state index contributed by atoms with van der Waals surface area (Å²) in [6.07, 6.45) is 2.78. The van der Waals surface area contributed by atoms with Crippen LogP contribution in [0.1, 0.15) is 23.0 Å². The Labute approximate surface area is 100 Å². The van der Waals surface area contributed by atoms with Gasteiger partial charge in [0.25, 0.3) is 0 Å². The van der Waals surface area contributed by atoms with Crippen molar-refractivity contribution in [2.24, 2.45) is 0 Å². The van der Waals surface area contributed by atoms with Gasteiger partial charge in [0.15, 0.2) is 0 Å².